The number of rotatable bonds is 3. The third kappa shape index (κ3) is 3.20. The van der Waals surface area contributed by atoms with Crippen LogP contribution in [0.3, 0.4) is 0 Å². The molecule has 0 aliphatic carbocycles. The van der Waals surface area contributed by atoms with E-state index in [1.165, 1.54) is 16.7 Å². The first-order valence-corrected chi connectivity index (χ1v) is 9.20. The highest BCUT2D eigenvalue weighted by molar-refractivity contribution is 5.89. The molecule has 4 aromatic rings. The topological polar surface area (TPSA) is 71.3 Å². The maximum atomic E-state index is 14.0. The number of fused-ring (bicyclic) bond motifs is 1. The van der Waals surface area contributed by atoms with E-state index in [2.05, 4.69) is 6.07 Å². The first-order valence-electron chi connectivity index (χ1n) is 9.20. The third-order valence-electron chi connectivity index (χ3n) is 4.96. The second-order valence-electron chi connectivity index (χ2n) is 6.92. The van der Waals surface area contributed by atoms with E-state index in [1.54, 1.807) is 18.2 Å². The van der Waals surface area contributed by atoms with Crippen LogP contribution < -0.4 is 11.3 Å². The second-order valence-corrected chi connectivity index (χ2v) is 6.92. The Labute approximate surface area is 167 Å². The predicted octanol–water partition coefficient (Wildman–Crippen LogP) is 4.66. The van der Waals surface area contributed by atoms with Gasteiger partial charge >= 0.3 is 0 Å². The molecule has 0 spiro atoms. The number of aromatic nitrogens is 1. The van der Waals surface area contributed by atoms with Crippen molar-refractivity contribution in [3.05, 3.63) is 100 Å². The predicted molar refractivity (Wildman–Crippen MR) is 112 cm³/mol. The highest BCUT2D eigenvalue weighted by Gasteiger charge is 2.23. The van der Waals surface area contributed by atoms with Crippen LogP contribution in [0.15, 0.2) is 77.7 Å². The molecule has 0 bridgehead atoms. The smallest absolute Gasteiger partial charge is 0.263 e. The lowest BCUT2D eigenvalue weighted by atomic mass is 9.88. The van der Waals surface area contributed by atoms with Gasteiger partial charge in [-0.1, -0.05) is 42.5 Å². The number of pyridine rings is 2. The number of nitrogens with two attached hydrogens (primary N) is 1. The van der Waals surface area contributed by atoms with Crippen LogP contribution in [0.5, 0.6) is 0 Å². The van der Waals surface area contributed by atoms with Gasteiger partial charge in [-0.15, -0.1) is 0 Å². The minimum atomic E-state index is -0.502. The molecule has 2 aromatic heterocycles. The summed E-state index contributed by atoms with van der Waals surface area (Å²) in [7, 11) is 0. The first kappa shape index (κ1) is 18.6. The van der Waals surface area contributed by atoms with Crippen LogP contribution in [-0.4, -0.2) is 4.40 Å². The number of hydrogen-bond donors (Lipinski definition) is 1. The quantitative estimate of drug-likeness (QED) is 0.559. The minimum Gasteiger partial charge on any atom is -0.324 e. The zero-order chi connectivity index (χ0) is 20.5. The lowest BCUT2D eigenvalue weighted by Gasteiger charge is -2.21. The van der Waals surface area contributed by atoms with E-state index in [0.717, 1.165) is 16.7 Å². The Morgan fingerprint density at radius 2 is 1.62 bits per heavy atom. The maximum absolute atomic E-state index is 14.0. The Morgan fingerprint density at radius 3 is 2.24 bits per heavy atom. The maximum Gasteiger partial charge on any atom is 0.263 e. The van der Waals surface area contributed by atoms with Crippen LogP contribution in [0.4, 0.5) is 4.39 Å². The zero-order valence-corrected chi connectivity index (χ0v) is 15.8. The van der Waals surface area contributed by atoms with E-state index in [9.17, 15) is 9.18 Å². The van der Waals surface area contributed by atoms with Gasteiger partial charge < -0.3 is 5.73 Å². The molecular weight excluding hydrogens is 365 g/mol. The van der Waals surface area contributed by atoms with Crippen molar-refractivity contribution in [2.75, 3.05) is 0 Å². The van der Waals surface area contributed by atoms with Crippen molar-refractivity contribution in [2.24, 2.45) is 5.73 Å². The normalized spacial score (nSPS) is 11.9. The molecule has 4 rings (SSSR count). The highest BCUT2D eigenvalue weighted by Crippen LogP contribution is 2.36. The molecule has 0 radical (unpaired) electrons. The van der Waals surface area contributed by atoms with E-state index in [4.69, 9.17) is 11.0 Å². The van der Waals surface area contributed by atoms with Gasteiger partial charge in [0.1, 0.15) is 5.82 Å². The van der Waals surface area contributed by atoms with Crippen molar-refractivity contribution < 1.29 is 4.39 Å². The van der Waals surface area contributed by atoms with Crippen LogP contribution in [-0.2, 0) is 0 Å². The lowest BCUT2D eigenvalue weighted by Crippen LogP contribution is -2.23. The lowest BCUT2D eigenvalue weighted by molar-refractivity contribution is 0.618. The summed E-state index contributed by atoms with van der Waals surface area (Å²) in [4.78, 5) is 13.4. The molecule has 29 heavy (non-hydrogen) atoms. The van der Waals surface area contributed by atoms with Gasteiger partial charge in [0.2, 0.25) is 0 Å². The van der Waals surface area contributed by atoms with E-state index in [-0.39, 0.29) is 5.56 Å². The van der Waals surface area contributed by atoms with E-state index < -0.39 is 11.9 Å². The standard InChI is InChI=1S/C24H18FN3O/c1-15(27)21-22(18-9-7-16(13-26)8-10-18)20-12-11-19(25)14-28(20)24(29)23(21)17-5-3-2-4-6-17/h2-12,14-15H,27H2,1H3/t15-/m0/s1. The van der Waals surface area contributed by atoms with Gasteiger partial charge in [0.05, 0.1) is 22.7 Å². The average Bonchev–Trinajstić information content (AvgIpc) is 2.74. The fourth-order valence-corrected chi connectivity index (χ4v) is 3.70. The molecule has 0 aliphatic rings. The molecule has 0 fully saturated rings. The third-order valence-corrected chi connectivity index (χ3v) is 4.96. The molecule has 4 nitrogen and oxygen atoms in total. The zero-order valence-electron chi connectivity index (χ0n) is 15.8. The number of nitrogens with zero attached hydrogens (tertiary/aromatic N) is 2. The van der Waals surface area contributed by atoms with Crippen molar-refractivity contribution in [1.29, 1.82) is 5.26 Å². The second kappa shape index (κ2) is 7.34. The van der Waals surface area contributed by atoms with Gasteiger partial charge in [-0.25, -0.2) is 4.39 Å². The summed E-state index contributed by atoms with van der Waals surface area (Å²) in [5, 5.41) is 9.12. The molecule has 0 saturated carbocycles. The number of nitriles is 1. The molecule has 142 valence electrons. The van der Waals surface area contributed by atoms with Crippen molar-refractivity contribution >= 4 is 5.52 Å². The summed E-state index contributed by atoms with van der Waals surface area (Å²) in [5.74, 6) is -0.502. The summed E-state index contributed by atoms with van der Waals surface area (Å²) in [6, 6.07) is 20.9. The Balaban J connectivity index is 2.21. The number of halogens is 1. The fraction of sp³-hybridized carbons (Fsp3) is 0.0833. The van der Waals surface area contributed by atoms with Crippen molar-refractivity contribution in [3.8, 4) is 28.3 Å². The number of benzene rings is 2. The first-order chi connectivity index (χ1) is 14.0. The summed E-state index contributed by atoms with van der Waals surface area (Å²) < 4.78 is 15.4. The summed E-state index contributed by atoms with van der Waals surface area (Å²) in [5.41, 5.74) is 10.5. The van der Waals surface area contributed by atoms with E-state index >= 15 is 0 Å². The van der Waals surface area contributed by atoms with Gasteiger partial charge in [0, 0.05) is 17.8 Å². The Kier molecular flexibility index (Phi) is 4.71. The van der Waals surface area contributed by atoms with Crippen LogP contribution in [0.1, 0.15) is 24.1 Å². The van der Waals surface area contributed by atoms with Crippen LogP contribution in [0, 0.1) is 17.1 Å². The van der Waals surface area contributed by atoms with Crippen molar-refractivity contribution in [3.63, 3.8) is 0 Å². The van der Waals surface area contributed by atoms with Gasteiger partial charge in [-0.3, -0.25) is 9.20 Å². The van der Waals surface area contributed by atoms with Crippen molar-refractivity contribution in [2.45, 2.75) is 13.0 Å². The molecule has 5 heteroatoms. The number of hydrogen-bond acceptors (Lipinski definition) is 3. The highest BCUT2D eigenvalue weighted by atomic mass is 19.1. The molecule has 0 amide bonds. The average molecular weight is 383 g/mol. The van der Waals surface area contributed by atoms with E-state index in [0.29, 0.717) is 22.2 Å². The monoisotopic (exact) mass is 383 g/mol. The summed E-state index contributed by atoms with van der Waals surface area (Å²) in [6.07, 6.45) is 1.20. The molecule has 2 N–H and O–H groups in total. The summed E-state index contributed by atoms with van der Waals surface area (Å²) in [6.45, 7) is 1.83. The molecular formula is C24H18FN3O. The minimum absolute atomic E-state index is 0.324. The van der Waals surface area contributed by atoms with Crippen LogP contribution in [0.2, 0.25) is 0 Å². The molecule has 1 atom stereocenters. The summed E-state index contributed by atoms with van der Waals surface area (Å²) >= 11 is 0. The molecule has 0 saturated heterocycles. The Bertz CT molecular complexity index is 1300. The SMILES string of the molecule is C[C@H](N)c1c(-c2ccccc2)c(=O)n2cc(F)ccc2c1-c1ccc(C#N)cc1. The van der Waals surface area contributed by atoms with Gasteiger partial charge in [0.15, 0.2) is 0 Å². The largest absolute Gasteiger partial charge is 0.324 e. The Morgan fingerprint density at radius 1 is 0.966 bits per heavy atom. The van der Waals surface area contributed by atoms with Gasteiger partial charge in [0.25, 0.3) is 5.56 Å². The molecule has 0 unspecified atom stereocenters. The fourth-order valence-electron chi connectivity index (χ4n) is 3.70. The van der Waals surface area contributed by atoms with Crippen molar-refractivity contribution in [1.82, 2.24) is 4.40 Å². The van der Waals surface area contributed by atoms with Crippen LogP contribution >= 0.6 is 0 Å². The Hall–Kier alpha value is -3.75. The molecule has 0 aliphatic heterocycles. The van der Waals surface area contributed by atoms with E-state index in [1.807, 2.05) is 49.4 Å². The van der Waals surface area contributed by atoms with Gasteiger partial charge in [-0.2, -0.15) is 5.26 Å². The molecule has 2 heterocycles. The molecule has 2 aromatic carbocycles. The van der Waals surface area contributed by atoms with Crippen LogP contribution in [0.25, 0.3) is 27.8 Å². The van der Waals surface area contributed by atoms with Gasteiger partial charge in [-0.05, 0) is 47.9 Å².